The van der Waals surface area contributed by atoms with Gasteiger partial charge in [-0.1, -0.05) is 17.7 Å². The molecule has 0 fully saturated rings. The molecule has 0 saturated heterocycles. The largest absolute Gasteiger partial charge is 0.464 e. The first-order valence-electron chi connectivity index (χ1n) is 7.31. The molecule has 0 aliphatic carbocycles. The maximum atomic E-state index is 12.7. The molecule has 2 rings (SSSR count). The van der Waals surface area contributed by atoms with Crippen LogP contribution >= 0.6 is 0 Å². The van der Waals surface area contributed by atoms with Crippen molar-refractivity contribution >= 4 is 16.0 Å². The second-order valence-electron chi connectivity index (χ2n) is 5.19. The number of benzene rings is 1. The number of nitrogens with zero attached hydrogens (tertiary/aromatic N) is 1. The molecule has 2 aromatic rings. The zero-order valence-corrected chi connectivity index (χ0v) is 14.1. The molecule has 130 valence electrons. The van der Waals surface area contributed by atoms with E-state index >= 15 is 0 Å². The number of esters is 1. The van der Waals surface area contributed by atoms with Gasteiger partial charge in [-0.3, -0.25) is 0 Å². The van der Waals surface area contributed by atoms with Gasteiger partial charge in [-0.15, -0.1) is 0 Å². The highest BCUT2D eigenvalue weighted by Crippen LogP contribution is 2.24. The zero-order valence-electron chi connectivity index (χ0n) is 13.3. The molecule has 2 atom stereocenters. The van der Waals surface area contributed by atoms with Gasteiger partial charge < -0.3 is 14.9 Å². The number of aryl methyl sites for hydroxylation is 1. The summed E-state index contributed by atoms with van der Waals surface area (Å²) in [6.07, 6.45) is -2.38. The van der Waals surface area contributed by atoms with E-state index < -0.39 is 28.2 Å². The van der Waals surface area contributed by atoms with Gasteiger partial charge in [0.1, 0.15) is 6.10 Å². The standard InChI is InChI=1S/C16H19NO6S/c1-3-23-16(20)15(19)14(18)13-5-4-10-17(13)24(21,22)12-8-6-11(2)7-9-12/h4-10,14-15,18-19H,3H2,1-2H3/t14-,15+/m0/s1. The van der Waals surface area contributed by atoms with E-state index in [2.05, 4.69) is 4.74 Å². The predicted molar refractivity (Wildman–Crippen MR) is 85.8 cm³/mol. The molecule has 0 spiro atoms. The topological polar surface area (TPSA) is 106 Å². The maximum absolute atomic E-state index is 12.7. The molecule has 7 nitrogen and oxygen atoms in total. The fraction of sp³-hybridized carbons (Fsp3) is 0.312. The van der Waals surface area contributed by atoms with E-state index in [1.54, 1.807) is 19.1 Å². The highest BCUT2D eigenvalue weighted by atomic mass is 32.2. The minimum Gasteiger partial charge on any atom is -0.464 e. The molecule has 0 unspecified atom stereocenters. The van der Waals surface area contributed by atoms with Gasteiger partial charge in [0.15, 0.2) is 6.10 Å². The van der Waals surface area contributed by atoms with E-state index in [0.29, 0.717) is 0 Å². The Morgan fingerprint density at radius 2 is 1.83 bits per heavy atom. The number of carbonyl (C=O) groups excluding carboxylic acids is 1. The molecular weight excluding hydrogens is 334 g/mol. The minimum absolute atomic E-state index is 0.0309. The van der Waals surface area contributed by atoms with E-state index in [1.807, 2.05) is 6.92 Å². The Bertz CT molecular complexity index is 809. The van der Waals surface area contributed by atoms with Crippen molar-refractivity contribution < 1.29 is 28.2 Å². The third-order valence-electron chi connectivity index (χ3n) is 3.45. The van der Waals surface area contributed by atoms with Crippen LogP contribution in [0.4, 0.5) is 0 Å². The van der Waals surface area contributed by atoms with Crippen molar-refractivity contribution in [2.24, 2.45) is 0 Å². The molecule has 1 heterocycles. The van der Waals surface area contributed by atoms with Crippen molar-refractivity contribution in [3.05, 3.63) is 53.9 Å². The van der Waals surface area contributed by atoms with Crippen molar-refractivity contribution in [1.29, 1.82) is 0 Å². The highest BCUT2D eigenvalue weighted by molar-refractivity contribution is 7.90. The monoisotopic (exact) mass is 353 g/mol. The van der Waals surface area contributed by atoms with Crippen LogP contribution in [-0.2, 0) is 19.6 Å². The summed E-state index contributed by atoms with van der Waals surface area (Å²) in [5.41, 5.74) is 0.774. The van der Waals surface area contributed by atoms with Gasteiger partial charge in [0.05, 0.1) is 17.2 Å². The van der Waals surface area contributed by atoms with Crippen LogP contribution in [0.5, 0.6) is 0 Å². The van der Waals surface area contributed by atoms with E-state index in [1.165, 1.54) is 30.5 Å². The molecule has 1 aromatic carbocycles. The Balaban J connectivity index is 2.39. The third kappa shape index (κ3) is 3.50. The van der Waals surface area contributed by atoms with Crippen molar-refractivity contribution in [2.75, 3.05) is 6.61 Å². The van der Waals surface area contributed by atoms with Gasteiger partial charge in [0.25, 0.3) is 10.0 Å². The van der Waals surface area contributed by atoms with Crippen LogP contribution in [0, 0.1) is 6.92 Å². The Labute approximate surface area is 140 Å². The number of aliphatic hydroxyl groups is 2. The first-order valence-corrected chi connectivity index (χ1v) is 8.75. The van der Waals surface area contributed by atoms with Crippen LogP contribution in [0.15, 0.2) is 47.5 Å². The zero-order chi connectivity index (χ0) is 17.9. The second-order valence-corrected chi connectivity index (χ2v) is 7.00. The van der Waals surface area contributed by atoms with Gasteiger partial charge in [-0.25, -0.2) is 17.2 Å². The van der Waals surface area contributed by atoms with Gasteiger partial charge in [0.2, 0.25) is 0 Å². The minimum atomic E-state index is -3.97. The summed E-state index contributed by atoms with van der Waals surface area (Å²) >= 11 is 0. The average molecular weight is 353 g/mol. The van der Waals surface area contributed by atoms with Crippen LogP contribution in [0.2, 0.25) is 0 Å². The van der Waals surface area contributed by atoms with Crippen LogP contribution in [0.3, 0.4) is 0 Å². The SMILES string of the molecule is CCOC(=O)[C@H](O)[C@@H](O)c1cccn1S(=O)(=O)c1ccc(C)cc1. The third-order valence-corrected chi connectivity index (χ3v) is 5.17. The fourth-order valence-corrected chi connectivity index (χ4v) is 3.55. The normalized spacial score (nSPS) is 14.2. The summed E-state index contributed by atoms with van der Waals surface area (Å²) in [6, 6.07) is 8.92. The van der Waals surface area contributed by atoms with Gasteiger partial charge >= 0.3 is 5.97 Å². The number of carbonyl (C=O) groups is 1. The number of rotatable bonds is 6. The first kappa shape index (κ1) is 18.2. The summed E-state index contributed by atoms with van der Waals surface area (Å²) in [5, 5.41) is 20.0. The van der Waals surface area contributed by atoms with Gasteiger partial charge in [-0.05, 0) is 38.1 Å². The van der Waals surface area contributed by atoms with Crippen molar-refractivity contribution in [1.82, 2.24) is 3.97 Å². The highest BCUT2D eigenvalue weighted by Gasteiger charge is 2.31. The summed E-state index contributed by atoms with van der Waals surface area (Å²) in [7, 11) is -3.97. The molecule has 8 heteroatoms. The number of ether oxygens (including phenoxy) is 1. The Kier molecular flexibility index (Phi) is 5.43. The van der Waals surface area contributed by atoms with Gasteiger partial charge in [0, 0.05) is 6.20 Å². The molecule has 0 saturated carbocycles. The molecule has 0 aliphatic heterocycles. The lowest BCUT2D eigenvalue weighted by Crippen LogP contribution is -2.32. The molecule has 0 aliphatic rings. The maximum Gasteiger partial charge on any atom is 0.338 e. The predicted octanol–water partition coefficient (Wildman–Crippen LogP) is 0.991. The van der Waals surface area contributed by atoms with Crippen LogP contribution in [0.1, 0.15) is 24.3 Å². The molecule has 0 bridgehead atoms. The lowest BCUT2D eigenvalue weighted by molar-refractivity contribution is -0.159. The number of aromatic nitrogens is 1. The van der Waals surface area contributed by atoms with Gasteiger partial charge in [-0.2, -0.15) is 0 Å². The van der Waals surface area contributed by atoms with Crippen LogP contribution in [0.25, 0.3) is 0 Å². The van der Waals surface area contributed by atoms with Crippen molar-refractivity contribution in [2.45, 2.75) is 31.0 Å². The molecule has 0 amide bonds. The van der Waals surface area contributed by atoms with E-state index in [0.717, 1.165) is 9.54 Å². The smallest absolute Gasteiger partial charge is 0.338 e. The molecule has 1 aromatic heterocycles. The van der Waals surface area contributed by atoms with Crippen molar-refractivity contribution in [3.8, 4) is 0 Å². The Hall–Kier alpha value is -2.16. The Morgan fingerprint density at radius 3 is 2.42 bits per heavy atom. The van der Waals surface area contributed by atoms with Crippen LogP contribution < -0.4 is 0 Å². The molecule has 0 radical (unpaired) electrons. The molecule has 24 heavy (non-hydrogen) atoms. The van der Waals surface area contributed by atoms with E-state index in [-0.39, 0.29) is 17.2 Å². The molecule has 2 N–H and O–H groups in total. The molecular formula is C16H19NO6S. The van der Waals surface area contributed by atoms with Crippen molar-refractivity contribution in [3.63, 3.8) is 0 Å². The number of hydrogen-bond donors (Lipinski definition) is 2. The summed E-state index contributed by atoms with van der Waals surface area (Å²) in [6.45, 7) is 3.42. The Morgan fingerprint density at radius 1 is 1.21 bits per heavy atom. The quantitative estimate of drug-likeness (QED) is 0.750. The van der Waals surface area contributed by atoms with Crippen LogP contribution in [-0.4, -0.2) is 41.3 Å². The summed E-state index contributed by atoms with van der Waals surface area (Å²) in [5.74, 6) is -1.02. The average Bonchev–Trinajstić information content (AvgIpc) is 3.04. The summed E-state index contributed by atoms with van der Waals surface area (Å²) in [4.78, 5) is 11.6. The summed E-state index contributed by atoms with van der Waals surface area (Å²) < 4.78 is 30.9. The first-order chi connectivity index (χ1) is 11.3. The van der Waals surface area contributed by atoms with E-state index in [4.69, 9.17) is 0 Å². The van der Waals surface area contributed by atoms with E-state index in [9.17, 15) is 23.4 Å². The lowest BCUT2D eigenvalue weighted by Gasteiger charge is -2.19. The lowest BCUT2D eigenvalue weighted by atomic mass is 10.1. The fourth-order valence-electron chi connectivity index (χ4n) is 2.17. The number of hydrogen-bond acceptors (Lipinski definition) is 6. The second kappa shape index (κ2) is 7.16. The number of aliphatic hydroxyl groups excluding tert-OH is 2.